The van der Waals surface area contributed by atoms with Gasteiger partial charge in [0.25, 0.3) is 0 Å². The van der Waals surface area contributed by atoms with Crippen LogP contribution in [0, 0.1) is 11.6 Å². The molecule has 100 valence electrons. The molecule has 0 aliphatic rings. The van der Waals surface area contributed by atoms with Crippen molar-refractivity contribution in [1.29, 1.82) is 0 Å². The van der Waals surface area contributed by atoms with E-state index < -0.39 is 38.6 Å². The summed E-state index contributed by atoms with van der Waals surface area (Å²) in [6, 6.07) is 0.691. The molecule has 0 aliphatic carbocycles. The number of nitrogens with one attached hydrogen (secondary N) is 1. The van der Waals surface area contributed by atoms with Crippen LogP contribution in [0.4, 0.5) is 8.78 Å². The van der Waals surface area contributed by atoms with Crippen molar-refractivity contribution in [3.63, 3.8) is 0 Å². The summed E-state index contributed by atoms with van der Waals surface area (Å²) in [5.41, 5.74) is 0. The molecule has 8 heteroatoms. The van der Waals surface area contributed by atoms with Gasteiger partial charge in [0.05, 0.1) is 4.90 Å². The van der Waals surface area contributed by atoms with Crippen LogP contribution in [0.5, 0.6) is 0 Å². The standard InChI is InChI=1S/C10H11F2NO4S/c1-2-9(10(14)15)13-18(16,17)6-3-4-7(11)8(12)5-6/h3-5,9,13H,2H2,1H3,(H,14,15)/t9-/m1/s1. The van der Waals surface area contributed by atoms with E-state index in [1.54, 1.807) is 0 Å². The molecule has 1 atom stereocenters. The van der Waals surface area contributed by atoms with Crippen LogP contribution < -0.4 is 4.72 Å². The molecule has 0 heterocycles. The Morgan fingerprint density at radius 2 is 2.00 bits per heavy atom. The second kappa shape index (κ2) is 5.40. The van der Waals surface area contributed by atoms with Gasteiger partial charge in [0.15, 0.2) is 11.6 Å². The fraction of sp³-hybridized carbons (Fsp3) is 0.300. The van der Waals surface area contributed by atoms with Crippen molar-refractivity contribution in [3.05, 3.63) is 29.8 Å². The van der Waals surface area contributed by atoms with Crippen LogP contribution in [0.15, 0.2) is 23.1 Å². The highest BCUT2D eigenvalue weighted by atomic mass is 32.2. The predicted octanol–water partition coefficient (Wildman–Crippen LogP) is 1.11. The Kier molecular flexibility index (Phi) is 4.36. The lowest BCUT2D eigenvalue weighted by Crippen LogP contribution is -2.40. The third-order valence-electron chi connectivity index (χ3n) is 2.21. The Morgan fingerprint density at radius 1 is 1.39 bits per heavy atom. The van der Waals surface area contributed by atoms with E-state index in [9.17, 15) is 22.0 Å². The molecule has 1 aromatic carbocycles. The SMILES string of the molecule is CC[C@@H](NS(=O)(=O)c1ccc(F)c(F)c1)C(=O)O. The zero-order valence-electron chi connectivity index (χ0n) is 9.35. The fourth-order valence-electron chi connectivity index (χ4n) is 1.21. The average Bonchev–Trinajstić information content (AvgIpc) is 2.29. The first kappa shape index (κ1) is 14.5. The molecule has 1 rings (SSSR count). The van der Waals surface area contributed by atoms with Crippen molar-refractivity contribution in [2.75, 3.05) is 0 Å². The molecule has 0 spiro atoms. The third-order valence-corrected chi connectivity index (χ3v) is 3.67. The van der Waals surface area contributed by atoms with Gasteiger partial charge in [-0.2, -0.15) is 4.72 Å². The zero-order chi connectivity index (χ0) is 13.9. The average molecular weight is 279 g/mol. The molecule has 1 aromatic rings. The van der Waals surface area contributed by atoms with Crippen molar-refractivity contribution in [3.8, 4) is 0 Å². The van der Waals surface area contributed by atoms with Gasteiger partial charge in [0.1, 0.15) is 6.04 Å². The number of rotatable bonds is 5. The summed E-state index contributed by atoms with van der Waals surface area (Å²) in [4.78, 5) is 10.2. The maximum absolute atomic E-state index is 12.9. The van der Waals surface area contributed by atoms with Crippen LogP contribution in [0.2, 0.25) is 0 Å². The summed E-state index contributed by atoms with van der Waals surface area (Å²) in [6.07, 6.45) is 0.0260. The predicted molar refractivity (Wildman–Crippen MR) is 58.4 cm³/mol. The van der Waals surface area contributed by atoms with Crippen molar-refractivity contribution in [1.82, 2.24) is 4.72 Å². The molecule has 0 saturated heterocycles. The van der Waals surface area contributed by atoms with Gasteiger partial charge in [-0.05, 0) is 24.6 Å². The summed E-state index contributed by atoms with van der Waals surface area (Å²) >= 11 is 0. The van der Waals surface area contributed by atoms with Crippen molar-refractivity contribution < 1.29 is 27.1 Å². The lowest BCUT2D eigenvalue weighted by atomic mass is 10.2. The molecular formula is C10H11F2NO4S. The summed E-state index contributed by atoms with van der Waals surface area (Å²) in [5.74, 6) is -3.84. The number of halogens is 2. The number of carbonyl (C=O) groups is 1. The maximum Gasteiger partial charge on any atom is 0.321 e. The molecule has 0 aromatic heterocycles. The Bertz CT molecular complexity index is 559. The molecule has 0 radical (unpaired) electrons. The number of aliphatic carboxylic acids is 1. The Balaban J connectivity index is 3.06. The lowest BCUT2D eigenvalue weighted by molar-refractivity contribution is -0.139. The number of hydrogen-bond donors (Lipinski definition) is 2. The third kappa shape index (κ3) is 3.23. The number of carboxylic acids is 1. The molecule has 0 unspecified atom stereocenters. The van der Waals surface area contributed by atoms with E-state index in [1.165, 1.54) is 6.92 Å². The molecule has 0 aliphatic heterocycles. The fourth-order valence-corrected chi connectivity index (χ4v) is 2.49. The van der Waals surface area contributed by atoms with E-state index in [1.807, 2.05) is 4.72 Å². The smallest absolute Gasteiger partial charge is 0.321 e. The summed E-state index contributed by atoms with van der Waals surface area (Å²) in [6.45, 7) is 1.48. The van der Waals surface area contributed by atoms with Gasteiger partial charge in [0.2, 0.25) is 10.0 Å². The normalized spacial score (nSPS) is 13.3. The zero-order valence-corrected chi connectivity index (χ0v) is 10.2. The van der Waals surface area contributed by atoms with E-state index in [2.05, 4.69) is 0 Å². The number of benzene rings is 1. The van der Waals surface area contributed by atoms with Gasteiger partial charge in [-0.3, -0.25) is 4.79 Å². The Labute approximate surface area is 102 Å². The van der Waals surface area contributed by atoms with Crippen LogP contribution in [0.1, 0.15) is 13.3 Å². The molecule has 2 N–H and O–H groups in total. The van der Waals surface area contributed by atoms with Crippen LogP contribution >= 0.6 is 0 Å². The monoisotopic (exact) mass is 279 g/mol. The number of sulfonamides is 1. The van der Waals surface area contributed by atoms with E-state index >= 15 is 0 Å². The maximum atomic E-state index is 12.9. The first-order chi connectivity index (χ1) is 8.27. The topological polar surface area (TPSA) is 83.5 Å². The first-order valence-electron chi connectivity index (χ1n) is 4.98. The molecular weight excluding hydrogens is 268 g/mol. The molecule has 5 nitrogen and oxygen atoms in total. The van der Waals surface area contributed by atoms with Crippen LogP contribution in [-0.2, 0) is 14.8 Å². The summed E-state index contributed by atoms with van der Waals surface area (Å²) in [7, 11) is -4.19. The molecule has 0 fully saturated rings. The Hall–Kier alpha value is -1.54. The van der Waals surface area contributed by atoms with Crippen LogP contribution in [0.25, 0.3) is 0 Å². The molecule has 0 bridgehead atoms. The van der Waals surface area contributed by atoms with E-state index in [0.717, 1.165) is 6.07 Å². The van der Waals surface area contributed by atoms with Crippen LogP contribution in [-0.4, -0.2) is 25.5 Å². The van der Waals surface area contributed by atoms with Crippen LogP contribution in [0.3, 0.4) is 0 Å². The summed E-state index contributed by atoms with van der Waals surface area (Å²) in [5, 5.41) is 8.72. The van der Waals surface area contributed by atoms with E-state index in [-0.39, 0.29) is 6.42 Å². The van der Waals surface area contributed by atoms with Gasteiger partial charge in [-0.25, -0.2) is 17.2 Å². The van der Waals surface area contributed by atoms with Gasteiger partial charge in [0, 0.05) is 0 Å². The second-order valence-electron chi connectivity index (χ2n) is 3.50. The molecule has 0 saturated carbocycles. The Morgan fingerprint density at radius 3 is 2.44 bits per heavy atom. The van der Waals surface area contributed by atoms with E-state index in [4.69, 9.17) is 5.11 Å². The highest BCUT2D eigenvalue weighted by Crippen LogP contribution is 2.14. The molecule has 0 amide bonds. The quantitative estimate of drug-likeness (QED) is 0.845. The largest absolute Gasteiger partial charge is 0.480 e. The first-order valence-corrected chi connectivity index (χ1v) is 6.46. The lowest BCUT2D eigenvalue weighted by Gasteiger charge is -2.12. The van der Waals surface area contributed by atoms with Crippen molar-refractivity contribution in [2.45, 2.75) is 24.3 Å². The van der Waals surface area contributed by atoms with Gasteiger partial charge in [-0.15, -0.1) is 0 Å². The highest BCUT2D eigenvalue weighted by Gasteiger charge is 2.24. The minimum absolute atomic E-state index is 0.0260. The minimum atomic E-state index is -4.19. The van der Waals surface area contributed by atoms with Gasteiger partial charge in [-0.1, -0.05) is 6.92 Å². The highest BCUT2D eigenvalue weighted by molar-refractivity contribution is 7.89. The summed E-state index contributed by atoms with van der Waals surface area (Å²) < 4.78 is 50.9. The number of carboxylic acid groups (broad SMARTS) is 1. The van der Waals surface area contributed by atoms with Crippen molar-refractivity contribution >= 4 is 16.0 Å². The second-order valence-corrected chi connectivity index (χ2v) is 5.21. The molecule has 18 heavy (non-hydrogen) atoms. The van der Waals surface area contributed by atoms with Gasteiger partial charge >= 0.3 is 5.97 Å². The van der Waals surface area contributed by atoms with Crippen molar-refractivity contribution in [2.24, 2.45) is 0 Å². The van der Waals surface area contributed by atoms with E-state index in [0.29, 0.717) is 12.1 Å². The minimum Gasteiger partial charge on any atom is -0.480 e. The number of hydrogen-bond acceptors (Lipinski definition) is 3. The van der Waals surface area contributed by atoms with Gasteiger partial charge < -0.3 is 5.11 Å².